The van der Waals surface area contributed by atoms with Crippen LogP contribution < -0.4 is 5.32 Å². The van der Waals surface area contributed by atoms with E-state index in [2.05, 4.69) is 5.32 Å². The van der Waals surface area contributed by atoms with Gasteiger partial charge in [0, 0.05) is 34.2 Å². The van der Waals surface area contributed by atoms with Crippen molar-refractivity contribution in [1.82, 2.24) is 5.32 Å². The zero-order valence-electron chi connectivity index (χ0n) is 7.72. The molecule has 0 aromatic carbocycles. The van der Waals surface area contributed by atoms with Crippen molar-refractivity contribution in [3.8, 4) is 0 Å². The van der Waals surface area contributed by atoms with Gasteiger partial charge in [-0.25, -0.2) is 4.21 Å². The number of carbonyl (C=O) groups excluding carboxylic acids is 1. The van der Waals surface area contributed by atoms with Crippen LogP contribution >= 0.6 is 0 Å². The van der Waals surface area contributed by atoms with Crippen LogP contribution in [0.2, 0.25) is 0 Å². The van der Waals surface area contributed by atoms with Crippen molar-refractivity contribution in [1.29, 1.82) is 4.78 Å². The van der Waals surface area contributed by atoms with Crippen molar-refractivity contribution in [2.45, 2.75) is 26.0 Å². The standard InChI is InChI=1S/C7H16N2O2S/c1-6(2)12(8,11)5-4-9-7(3)10/h6,8H,4-5H2,1-3H3,(H,9,10). The minimum atomic E-state index is -2.51. The molecule has 0 aliphatic rings. The molecule has 0 saturated carbocycles. The molecule has 0 aromatic heterocycles. The van der Waals surface area contributed by atoms with E-state index in [1.807, 2.05) is 0 Å². The molecule has 1 amide bonds. The fourth-order valence-electron chi connectivity index (χ4n) is 0.614. The second-order valence-corrected chi connectivity index (χ2v) is 5.77. The molecule has 0 saturated heterocycles. The molecule has 0 fully saturated rings. The zero-order chi connectivity index (χ0) is 9.78. The van der Waals surface area contributed by atoms with Gasteiger partial charge in [-0.05, 0) is 0 Å². The number of amides is 1. The van der Waals surface area contributed by atoms with E-state index in [4.69, 9.17) is 4.78 Å². The Morgan fingerprint density at radius 3 is 2.42 bits per heavy atom. The molecule has 4 nitrogen and oxygen atoms in total. The third-order valence-electron chi connectivity index (χ3n) is 1.54. The van der Waals surface area contributed by atoms with E-state index in [0.717, 1.165) is 0 Å². The molecular weight excluding hydrogens is 176 g/mol. The normalized spacial score (nSPS) is 15.7. The molecule has 1 atom stereocenters. The van der Waals surface area contributed by atoms with E-state index in [-0.39, 0.29) is 16.9 Å². The second-order valence-electron chi connectivity index (χ2n) is 2.96. The molecule has 0 heterocycles. The van der Waals surface area contributed by atoms with Crippen LogP contribution in [0.3, 0.4) is 0 Å². The first kappa shape index (κ1) is 11.4. The summed E-state index contributed by atoms with van der Waals surface area (Å²) in [5.74, 6) is 0.0958. The highest BCUT2D eigenvalue weighted by Gasteiger charge is 2.10. The maximum absolute atomic E-state index is 11.4. The van der Waals surface area contributed by atoms with E-state index in [9.17, 15) is 9.00 Å². The second kappa shape index (κ2) is 4.45. The van der Waals surface area contributed by atoms with E-state index in [1.54, 1.807) is 13.8 Å². The molecule has 0 aliphatic heterocycles. The zero-order valence-corrected chi connectivity index (χ0v) is 8.53. The Morgan fingerprint density at radius 1 is 1.58 bits per heavy atom. The first-order valence-electron chi connectivity index (χ1n) is 3.86. The summed E-state index contributed by atoms with van der Waals surface area (Å²) in [4.78, 5) is 10.4. The SMILES string of the molecule is CC(=O)NCCS(=N)(=O)C(C)C. The Morgan fingerprint density at radius 2 is 2.08 bits per heavy atom. The molecule has 12 heavy (non-hydrogen) atoms. The summed E-state index contributed by atoms with van der Waals surface area (Å²) >= 11 is 0. The predicted octanol–water partition coefficient (Wildman–Crippen LogP) is 0.578. The van der Waals surface area contributed by atoms with Crippen molar-refractivity contribution in [3.63, 3.8) is 0 Å². The number of rotatable bonds is 4. The molecular formula is C7H16N2O2S. The quantitative estimate of drug-likeness (QED) is 0.684. The highest BCUT2D eigenvalue weighted by molar-refractivity contribution is 7.93. The summed E-state index contributed by atoms with van der Waals surface area (Å²) < 4.78 is 18.8. The lowest BCUT2D eigenvalue weighted by Gasteiger charge is -2.10. The summed E-state index contributed by atoms with van der Waals surface area (Å²) in [6, 6.07) is 0. The van der Waals surface area contributed by atoms with Crippen molar-refractivity contribution < 1.29 is 9.00 Å². The molecule has 72 valence electrons. The van der Waals surface area contributed by atoms with Crippen LogP contribution in [0.15, 0.2) is 0 Å². The maximum atomic E-state index is 11.4. The average molecular weight is 192 g/mol. The van der Waals surface area contributed by atoms with Crippen molar-refractivity contribution in [3.05, 3.63) is 0 Å². The molecule has 5 heteroatoms. The third kappa shape index (κ3) is 4.33. The summed E-state index contributed by atoms with van der Waals surface area (Å²) in [5.41, 5.74) is 0. The van der Waals surface area contributed by atoms with Crippen molar-refractivity contribution >= 4 is 15.6 Å². The van der Waals surface area contributed by atoms with Crippen LogP contribution in [0, 0.1) is 4.78 Å². The smallest absolute Gasteiger partial charge is 0.216 e. The van der Waals surface area contributed by atoms with Gasteiger partial charge in [0.1, 0.15) is 0 Å². The van der Waals surface area contributed by atoms with Gasteiger partial charge in [0.05, 0.1) is 0 Å². The minimum absolute atomic E-state index is 0.144. The summed E-state index contributed by atoms with van der Waals surface area (Å²) in [7, 11) is -2.51. The number of hydrogen-bond acceptors (Lipinski definition) is 3. The lowest BCUT2D eigenvalue weighted by Crippen LogP contribution is -2.29. The van der Waals surface area contributed by atoms with Gasteiger partial charge in [0.25, 0.3) is 0 Å². The maximum Gasteiger partial charge on any atom is 0.216 e. The van der Waals surface area contributed by atoms with Crippen LogP contribution in [0.5, 0.6) is 0 Å². The van der Waals surface area contributed by atoms with E-state index in [1.165, 1.54) is 6.92 Å². The highest BCUT2D eigenvalue weighted by Crippen LogP contribution is 2.00. The topological polar surface area (TPSA) is 70.0 Å². The van der Waals surface area contributed by atoms with Gasteiger partial charge in [-0.2, -0.15) is 0 Å². The molecule has 0 spiro atoms. The van der Waals surface area contributed by atoms with Gasteiger partial charge >= 0.3 is 0 Å². The van der Waals surface area contributed by atoms with Gasteiger partial charge in [-0.3, -0.25) is 9.57 Å². The number of carbonyl (C=O) groups is 1. The predicted molar refractivity (Wildman–Crippen MR) is 49.5 cm³/mol. The van der Waals surface area contributed by atoms with E-state index >= 15 is 0 Å². The monoisotopic (exact) mass is 192 g/mol. The first-order chi connectivity index (χ1) is 5.36. The molecule has 0 bridgehead atoms. The van der Waals surface area contributed by atoms with Crippen molar-refractivity contribution in [2.75, 3.05) is 12.3 Å². The Bertz CT molecular complexity index is 244. The lowest BCUT2D eigenvalue weighted by atomic mass is 10.6. The molecule has 1 unspecified atom stereocenters. The molecule has 0 radical (unpaired) electrons. The largest absolute Gasteiger partial charge is 0.355 e. The number of hydrogen-bond donors (Lipinski definition) is 2. The van der Waals surface area contributed by atoms with Crippen LogP contribution in [-0.4, -0.2) is 27.7 Å². The lowest BCUT2D eigenvalue weighted by molar-refractivity contribution is -0.118. The first-order valence-corrected chi connectivity index (χ1v) is 5.65. The highest BCUT2D eigenvalue weighted by atomic mass is 32.2. The van der Waals surface area contributed by atoms with Crippen molar-refractivity contribution in [2.24, 2.45) is 0 Å². The van der Waals surface area contributed by atoms with Crippen LogP contribution in [-0.2, 0) is 14.5 Å². The van der Waals surface area contributed by atoms with Gasteiger partial charge < -0.3 is 5.32 Å². The molecule has 0 rings (SSSR count). The van der Waals surface area contributed by atoms with Crippen LogP contribution in [0.4, 0.5) is 0 Å². The van der Waals surface area contributed by atoms with Gasteiger partial charge in [0.2, 0.25) is 5.91 Å². The Balaban J connectivity index is 3.86. The fraction of sp³-hybridized carbons (Fsp3) is 0.857. The Hall–Kier alpha value is -0.580. The minimum Gasteiger partial charge on any atom is -0.355 e. The number of nitrogens with one attached hydrogen (secondary N) is 2. The van der Waals surface area contributed by atoms with Crippen LogP contribution in [0.1, 0.15) is 20.8 Å². The van der Waals surface area contributed by atoms with Gasteiger partial charge in [-0.15, -0.1) is 0 Å². The summed E-state index contributed by atoms with van der Waals surface area (Å²) in [6.07, 6.45) is 0. The summed E-state index contributed by atoms with van der Waals surface area (Å²) in [5, 5.41) is 2.37. The van der Waals surface area contributed by atoms with Gasteiger partial charge in [-0.1, -0.05) is 13.8 Å². The summed E-state index contributed by atoms with van der Waals surface area (Å²) in [6.45, 7) is 5.24. The van der Waals surface area contributed by atoms with E-state index < -0.39 is 9.73 Å². The molecule has 0 aliphatic carbocycles. The molecule has 0 aromatic rings. The van der Waals surface area contributed by atoms with Crippen LogP contribution in [0.25, 0.3) is 0 Å². The average Bonchev–Trinajstić information content (AvgIpc) is 1.85. The van der Waals surface area contributed by atoms with Gasteiger partial charge in [0.15, 0.2) is 0 Å². The molecule has 2 N–H and O–H groups in total. The third-order valence-corrected chi connectivity index (χ3v) is 3.87. The fourth-order valence-corrected chi connectivity index (χ4v) is 1.49. The Kier molecular flexibility index (Phi) is 4.23. The van der Waals surface area contributed by atoms with E-state index in [0.29, 0.717) is 6.54 Å². The Labute approximate surface area is 73.7 Å².